The summed E-state index contributed by atoms with van der Waals surface area (Å²) in [4.78, 5) is 24.5. The molecule has 0 saturated carbocycles. The Morgan fingerprint density at radius 3 is 2.68 bits per heavy atom. The second-order valence-electron chi connectivity index (χ2n) is 8.38. The van der Waals surface area contributed by atoms with Gasteiger partial charge in [-0.05, 0) is 30.0 Å². The molecule has 1 fully saturated rings. The third-order valence-corrected chi connectivity index (χ3v) is 6.25. The Balaban J connectivity index is 1.38. The number of Topliss-reactive ketones (excluding diaryl/α,β-unsaturated/α-hetero) is 1. The number of carbonyl (C=O) groups is 1. The minimum Gasteiger partial charge on any atom is -0.384 e. The maximum absolute atomic E-state index is 12.8. The van der Waals surface area contributed by atoms with E-state index in [4.69, 9.17) is 14.5 Å². The van der Waals surface area contributed by atoms with Crippen LogP contribution in [0.15, 0.2) is 47.6 Å². The molecule has 2 aromatic rings. The Hall–Kier alpha value is -2.57. The molecular weight excluding hydrogens is 390 g/mol. The Bertz CT molecular complexity index is 921. The smallest absolute Gasteiger partial charge is 0.139 e. The molecule has 0 bridgehead atoms. The SMILES string of the molecule is COC[C@@H](CC(=O)Cc1cc2c(cn1)C(N1CCC(OC)CC1)=NC2)c1ccccc1. The molecule has 1 aromatic carbocycles. The Kier molecular flexibility index (Phi) is 7.10. The van der Waals surface area contributed by atoms with E-state index in [1.54, 1.807) is 14.2 Å². The summed E-state index contributed by atoms with van der Waals surface area (Å²) in [7, 11) is 3.46. The average molecular weight is 422 g/mol. The number of ketones is 1. The quantitative estimate of drug-likeness (QED) is 0.654. The summed E-state index contributed by atoms with van der Waals surface area (Å²) in [6.45, 7) is 3.11. The maximum atomic E-state index is 12.8. The third kappa shape index (κ3) is 5.20. The van der Waals surface area contributed by atoms with Crippen LogP contribution in [0.2, 0.25) is 0 Å². The zero-order chi connectivity index (χ0) is 21.6. The van der Waals surface area contributed by atoms with E-state index in [1.165, 1.54) is 0 Å². The van der Waals surface area contributed by atoms with Crippen LogP contribution in [0, 0.1) is 0 Å². The van der Waals surface area contributed by atoms with Crippen molar-refractivity contribution < 1.29 is 14.3 Å². The highest BCUT2D eigenvalue weighted by Crippen LogP contribution is 2.25. The van der Waals surface area contributed by atoms with E-state index in [-0.39, 0.29) is 11.7 Å². The number of pyridine rings is 1. The van der Waals surface area contributed by atoms with E-state index in [0.717, 1.165) is 54.2 Å². The highest BCUT2D eigenvalue weighted by molar-refractivity contribution is 6.01. The number of amidine groups is 1. The number of ether oxygens (including phenoxy) is 2. The van der Waals surface area contributed by atoms with E-state index < -0.39 is 0 Å². The molecule has 1 saturated heterocycles. The van der Waals surface area contributed by atoms with E-state index in [2.05, 4.69) is 28.1 Å². The molecule has 6 nitrogen and oxygen atoms in total. The molecule has 2 aliphatic rings. The van der Waals surface area contributed by atoms with Gasteiger partial charge in [-0.1, -0.05) is 30.3 Å². The lowest BCUT2D eigenvalue weighted by molar-refractivity contribution is -0.119. The van der Waals surface area contributed by atoms with Crippen LogP contribution in [0.4, 0.5) is 0 Å². The number of aromatic nitrogens is 1. The van der Waals surface area contributed by atoms with E-state index >= 15 is 0 Å². The molecule has 0 unspecified atom stereocenters. The molecule has 0 spiro atoms. The minimum atomic E-state index is 0.0677. The molecule has 31 heavy (non-hydrogen) atoms. The summed E-state index contributed by atoms with van der Waals surface area (Å²) < 4.78 is 10.8. The lowest BCUT2D eigenvalue weighted by Crippen LogP contribution is -2.40. The minimum absolute atomic E-state index is 0.0677. The van der Waals surface area contributed by atoms with Crippen LogP contribution in [-0.4, -0.2) is 61.5 Å². The highest BCUT2D eigenvalue weighted by Gasteiger charge is 2.27. The number of hydrogen-bond donors (Lipinski definition) is 0. The summed E-state index contributed by atoms with van der Waals surface area (Å²) >= 11 is 0. The van der Waals surface area contributed by atoms with Gasteiger partial charge in [-0.2, -0.15) is 0 Å². The first-order valence-corrected chi connectivity index (χ1v) is 11.0. The Labute approximate surface area is 184 Å². The molecule has 0 amide bonds. The van der Waals surface area contributed by atoms with Crippen molar-refractivity contribution in [3.63, 3.8) is 0 Å². The average Bonchev–Trinajstić information content (AvgIpc) is 3.22. The van der Waals surface area contributed by atoms with Crippen LogP contribution in [0.3, 0.4) is 0 Å². The largest absolute Gasteiger partial charge is 0.384 e. The molecule has 3 heterocycles. The van der Waals surface area contributed by atoms with E-state index in [1.807, 2.05) is 24.4 Å². The van der Waals surface area contributed by atoms with Gasteiger partial charge in [0.15, 0.2) is 0 Å². The number of fused-ring (bicyclic) bond motifs is 1. The normalized spacial score (nSPS) is 17.4. The van der Waals surface area contributed by atoms with Gasteiger partial charge in [0, 0.05) is 63.5 Å². The van der Waals surface area contributed by atoms with Gasteiger partial charge in [0.25, 0.3) is 0 Å². The number of methoxy groups -OCH3 is 2. The monoisotopic (exact) mass is 421 g/mol. The molecule has 4 rings (SSSR count). The van der Waals surface area contributed by atoms with E-state index in [9.17, 15) is 4.79 Å². The number of benzene rings is 1. The zero-order valence-corrected chi connectivity index (χ0v) is 18.4. The molecule has 1 atom stereocenters. The fourth-order valence-corrected chi connectivity index (χ4v) is 4.54. The summed E-state index contributed by atoms with van der Waals surface area (Å²) in [5, 5.41) is 0. The van der Waals surface area contributed by atoms with Gasteiger partial charge in [0.2, 0.25) is 0 Å². The lowest BCUT2D eigenvalue weighted by Gasteiger charge is -2.32. The zero-order valence-electron chi connectivity index (χ0n) is 18.4. The number of carbonyl (C=O) groups excluding carboxylic acids is 1. The predicted molar refractivity (Wildman–Crippen MR) is 120 cm³/mol. The molecule has 2 aliphatic heterocycles. The molecule has 0 aliphatic carbocycles. The summed E-state index contributed by atoms with van der Waals surface area (Å²) in [5.74, 6) is 1.29. The fraction of sp³-hybridized carbons (Fsp3) is 0.480. The summed E-state index contributed by atoms with van der Waals surface area (Å²) in [6.07, 6.45) is 5.09. The van der Waals surface area contributed by atoms with Crippen LogP contribution >= 0.6 is 0 Å². The van der Waals surface area contributed by atoms with Gasteiger partial charge in [-0.25, -0.2) is 0 Å². The van der Waals surface area contributed by atoms with Crippen molar-refractivity contribution in [3.8, 4) is 0 Å². The van der Waals surface area contributed by atoms with Crippen LogP contribution in [0.5, 0.6) is 0 Å². The number of aliphatic imine (C=N–C) groups is 1. The molecule has 164 valence electrons. The van der Waals surface area contributed by atoms with Crippen molar-refractivity contribution in [2.24, 2.45) is 4.99 Å². The van der Waals surface area contributed by atoms with Crippen LogP contribution in [0.25, 0.3) is 0 Å². The number of rotatable bonds is 8. The first-order valence-electron chi connectivity index (χ1n) is 11.0. The molecule has 0 N–H and O–H groups in total. The first kappa shape index (κ1) is 21.7. The Morgan fingerprint density at radius 1 is 1.19 bits per heavy atom. The second kappa shape index (κ2) is 10.2. The van der Waals surface area contributed by atoms with Crippen molar-refractivity contribution in [1.82, 2.24) is 9.88 Å². The standard InChI is InChI=1S/C25H31N3O3/c1-30-17-20(18-6-4-3-5-7-18)13-22(29)14-21-12-19-15-27-25(24(19)16-26-21)28-10-8-23(31-2)9-11-28/h3-7,12,16,20,23H,8-11,13-15,17H2,1-2H3/t20-/m1/s1. The predicted octanol–water partition coefficient (Wildman–Crippen LogP) is 3.38. The van der Waals surface area contributed by atoms with Gasteiger partial charge in [-0.3, -0.25) is 14.8 Å². The van der Waals surface area contributed by atoms with Gasteiger partial charge < -0.3 is 14.4 Å². The van der Waals surface area contributed by atoms with Crippen molar-refractivity contribution in [2.45, 2.75) is 44.2 Å². The summed E-state index contributed by atoms with van der Waals surface area (Å²) in [5.41, 5.74) is 4.23. The van der Waals surface area contributed by atoms with Crippen LogP contribution < -0.4 is 0 Å². The maximum Gasteiger partial charge on any atom is 0.139 e. The number of piperidine rings is 1. The first-order chi connectivity index (χ1) is 15.2. The molecule has 1 aromatic heterocycles. The molecule has 6 heteroatoms. The Morgan fingerprint density at radius 2 is 1.97 bits per heavy atom. The molecule has 0 radical (unpaired) electrons. The van der Waals surface area contributed by atoms with Gasteiger partial charge in [0.1, 0.15) is 11.6 Å². The van der Waals surface area contributed by atoms with Crippen molar-refractivity contribution in [2.75, 3.05) is 33.9 Å². The van der Waals surface area contributed by atoms with Crippen LogP contribution in [-0.2, 0) is 27.2 Å². The van der Waals surface area contributed by atoms with Crippen LogP contribution in [0.1, 0.15) is 47.6 Å². The number of likely N-dealkylation sites (tertiary alicyclic amines) is 1. The van der Waals surface area contributed by atoms with Crippen molar-refractivity contribution >= 4 is 11.6 Å². The van der Waals surface area contributed by atoms with Crippen molar-refractivity contribution in [1.29, 1.82) is 0 Å². The van der Waals surface area contributed by atoms with Gasteiger partial charge >= 0.3 is 0 Å². The van der Waals surface area contributed by atoms with Gasteiger partial charge in [0.05, 0.1) is 19.3 Å². The highest BCUT2D eigenvalue weighted by atomic mass is 16.5. The fourth-order valence-electron chi connectivity index (χ4n) is 4.54. The lowest BCUT2D eigenvalue weighted by atomic mass is 9.93. The molecular formula is C25H31N3O3. The third-order valence-electron chi connectivity index (χ3n) is 6.25. The van der Waals surface area contributed by atoms with E-state index in [0.29, 0.717) is 32.1 Å². The number of nitrogens with zero attached hydrogens (tertiary/aromatic N) is 3. The second-order valence-corrected chi connectivity index (χ2v) is 8.38. The number of hydrogen-bond acceptors (Lipinski definition) is 6. The van der Waals surface area contributed by atoms with Crippen molar-refractivity contribution in [3.05, 3.63) is 65.0 Å². The topological polar surface area (TPSA) is 64.0 Å². The van der Waals surface area contributed by atoms with Gasteiger partial charge in [-0.15, -0.1) is 0 Å². The summed E-state index contributed by atoms with van der Waals surface area (Å²) in [6, 6.07) is 12.1.